The van der Waals surface area contributed by atoms with Crippen LogP contribution in [0.5, 0.6) is 5.75 Å². The third-order valence-corrected chi connectivity index (χ3v) is 4.42. The molecule has 0 saturated carbocycles. The third-order valence-electron chi connectivity index (χ3n) is 3.32. The molecular formula is C15H14ClNO2S. The lowest BCUT2D eigenvalue weighted by molar-refractivity contribution is -0.137. The summed E-state index contributed by atoms with van der Waals surface area (Å²) in [5.41, 5.74) is 1.00. The first kappa shape index (κ1) is 13.5. The summed E-state index contributed by atoms with van der Waals surface area (Å²) in [7, 11) is 1.81. The quantitative estimate of drug-likeness (QED) is 0.870. The highest BCUT2D eigenvalue weighted by Crippen LogP contribution is 2.31. The fourth-order valence-electron chi connectivity index (χ4n) is 2.31. The first-order valence-electron chi connectivity index (χ1n) is 6.36. The van der Waals surface area contributed by atoms with Gasteiger partial charge in [0, 0.05) is 23.4 Å². The van der Waals surface area contributed by atoms with Crippen molar-refractivity contribution in [2.75, 3.05) is 7.05 Å². The number of thiophene rings is 1. The molecule has 0 spiro atoms. The van der Waals surface area contributed by atoms with Crippen LogP contribution in [0, 0.1) is 0 Å². The zero-order valence-electron chi connectivity index (χ0n) is 11.0. The van der Waals surface area contributed by atoms with E-state index in [1.54, 1.807) is 29.4 Å². The Morgan fingerprint density at radius 2 is 2.35 bits per heavy atom. The topological polar surface area (TPSA) is 29.5 Å². The van der Waals surface area contributed by atoms with Crippen LogP contribution in [0.2, 0.25) is 5.02 Å². The summed E-state index contributed by atoms with van der Waals surface area (Å²) in [5, 5.41) is 2.68. The number of ether oxygens (including phenoxy) is 1. The Morgan fingerprint density at radius 1 is 1.50 bits per heavy atom. The van der Waals surface area contributed by atoms with E-state index in [4.69, 9.17) is 16.3 Å². The number of nitrogens with zero attached hydrogens (tertiary/aromatic N) is 1. The maximum absolute atomic E-state index is 12.4. The number of benzene rings is 1. The molecule has 1 aliphatic heterocycles. The number of hydrogen-bond donors (Lipinski definition) is 0. The second kappa shape index (κ2) is 5.46. The number of carbonyl (C=O) groups excluding carboxylic acids is 1. The van der Waals surface area contributed by atoms with E-state index in [0.717, 1.165) is 11.3 Å². The van der Waals surface area contributed by atoms with Crippen LogP contribution >= 0.6 is 22.9 Å². The number of carbonyl (C=O) groups is 1. The third kappa shape index (κ3) is 2.67. The van der Waals surface area contributed by atoms with E-state index in [0.29, 0.717) is 18.0 Å². The Kier molecular flexibility index (Phi) is 3.68. The Labute approximate surface area is 126 Å². The van der Waals surface area contributed by atoms with Gasteiger partial charge in [0.25, 0.3) is 5.91 Å². The Hall–Kier alpha value is -1.52. The average Bonchev–Trinajstić information content (AvgIpc) is 3.06. The second-order valence-corrected chi connectivity index (χ2v) is 6.31. The Bertz CT molecular complexity index is 627. The summed E-state index contributed by atoms with van der Waals surface area (Å²) in [6, 6.07) is 9.48. The van der Waals surface area contributed by atoms with E-state index in [2.05, 4.69) is 0 Å². The molecule has 5 heteroatoms. The number of fused-ring (bicyclic) bond motifs is 1. The molecule has 0 N–H and O–H groups in total. The molecule has 2 heterocycles. The molecule has 1 aromatic carbocycles. The van der Waals surface area contributed by atoms with Crippen LogP contribution in [0.1, 0.15) is 10.4 Å². The lowest BCUT2D eigenvalue weighted by atomic mass is 10.1. The summed E-state index contributed by atoms with van der Waals surface area (Å²) < 4.78 is 5.72. The van der Waals surface area contributed by atoms with Gasteiger partial charge in [0.1, 0.15) is 5.75 Å². The number of likely N-dealkylation sites (N-methyl/N-ethyl adjacent to an activating group) is 1. The Balaban J connectivity index is 1.67. The van der Waals surface area contributed by atoms with E-state index in [1.165, 1.54) is 4.88 Å². The number of amides is 1. The fourth-order valence-corrected chi connectivity index (χ4v) is 3.27. The maximum atomic E-state index is 12.4. The number of halogens is 1. The number of hydrogen-bond acceptors (Lipinski definition) is 3. The van der Waals surface area contributed by atoms with Gasteiger partial charge in [-0.05, 0) is 35.2 Å². The van der Waals surface area contributed by atoms with Gasteiger partial charge < -0.3 is 9.64 Å². The van der Waals surface area contributed by atoms with Crippen LogP contribution in [0.25, 0.3) is 0 Å². The van der Waals surface area contributed by atoms with Crippen molar-refractivity contribution in [3.8, 4) is 5.75 Å². The van der Waals surface area contributed by atoms with Gasteiger partial charge in [0.2, 0.25) is 0 Å². The molecule has 0 radical (unpaired) electrons. The molecule has 0 bridgehead atoms. The van der Waals surface area contributed by atoms with E-state index in [-0.39, 0.29) is 5.91 Å². The molecule has 104 valence electrons. The highest BCUT2D eigenvalue weighted by Gasteiger charge is 2.31. The molecular weight excluding hydrogens is 294 g/mol. The molecule has 0 saturated heterocycles. The molecule has 0 aliphatic carbocycles. The van der Waals surface area contributed by atoms with Crippen LogP contribution in [0.15, 0.2) is 35.7 Å². The van der Waals surface area contributed by atoms with Crippen molar-refractivity contribution in [1.82, 2.24) is 4.90 Å². The monoisotopic (exact) mass is 307 g/mol. The van der Waals surface area contributed by atoms with Gasteiger partial charge in [0.05, 0.1) is 6.54 Å². The molecule has 3 nitrogen and oxygen atoms in total. The number of rotatable bonds is 3. The lowest BCUT2D eigenvalue weighted by Gasteiger charge is -2.20. The predicted molar refractivity (Wildman–Crippen MR) is 80.4 cm³/mol. The standard InChI is InChI=1S/C15H14ClNO2S/c1-17(9-12-3-2-6-20-12)15(18)14-8-10-7-11(16)4-5-13(10)19-14/h2-7,14H,8-9H2,1H3. The smallest absolute Gasteiger partial charge is 0.264 e. The molecule has 20 heavy (non-hydrogen) atoms. The first-order valence-corrected chi connectivity index (χ1v) is 7.61. The minimum Gasteiger partial charge on any atom is -0.480 e. The molecule has 1 aliphatic rings. The van der Waals surface area contributed by atoms with Crippen molar-refractivity contribution >= 4 is 28.8 Å². The average molecular weight is 308 g/mol. The van der Waals surface area contributed by atoms with Crippen molar-refractivity contribution in [2.45, 2.75) is 19.1 Å². The van der Waals surface area contributed by atoms with E-state index >= 15 is 0 Å². The van der Waals surface area contributed by atoms with Gasteiger partial charge in [-0.2, -0.15) is 0 Å². The Morgan fingerprint density at radius 3 is 3.10 bits per heavy atom. The largest absolute Gasteiger partial charge is 0.480 e. The summed E-state index contributed by atoms with van der Waals surface area (Å²) in [4.78, 5) is 15.3. The summed E-state index contributed by atoms with van der Waals surface area (Å²) in [5.74, 6) is 0.767. The zero-order valence-corrected chi connectivity index (χ0v) is 12.6. The van der Waals surface area contributed by atoms with Gasteiger partial charge in [0.15, 0.2) is 6.10 Å². The van der Waals surface area contributed by atoms with Crippen LogP contribution in [-0.4, -0.2) is 24.0 Å². The van der Waals surface area contributed by atoms with Crippen molar-refractivity contribution < 1.29 is 9.53 Å². The van der Waals surface area contributed by atoms with Crippen LogP contribution in [0.3, 0.4) is 0 Å². The van der Waals surface area contributed by atoms with Crippen molar-refractivity contribution in [2.24, 2.45) is 0 Å². The minimum absolute atomic E-state index is 0.00530. The molecule has 3 rings (SSSR count). The SMILES string of the molecule is CN(Cc1cccs1)C(=O)C1Cc2cc(Cl)ccc2O1. The van der Waals surface area contributed by atoms with Crippen molar-refractivity contribution in [3.63, 3.8) is 0 Å². The normalized spacial score (nSPS) is 16.6. The van der Waals surface area contributed by atoms with Gasteiger partial charge in [-0.15, -0.1) is 11.3 Å². The van der Waals surface area contributed by atoms with Crippen LogP contribution in [-0.2, 0) is 17.8 Å². The van der Waals surface area contributed by atoms with Crippen LogP contribution < -0.4 is 4.74 Å². The van der Waals surface area contributed by atoms with Gasteiger partial charge in [-0.1, -0.05) is 17.7 Å². The van der Waals surface area contributed by atoms with Crippen molar-refractivity contribution in [3.05, 3.63) is 51.2 Å². The van der Waals surface area contributed by atoms with Gasteiger partial charge >= 0.3 is 0 Å². The van der Waals surface area contributed by atoms with Crippen LogP contribution in [0.4, 0.5) is 0 Å². The lowest BCUT2D eigenvalue weighted by Crippen LogP contribution is -2.38. The molecule has 2 aromatic rings. The fraction of sp³-hybridized carbons (Fsp3) is 0.267. The van der Waals surface area contributed by atoms with Crippen molar-refractivity contribution in [1.29, 1.82) is 0 Å². The molecule has 0 fully saturated rings. The molecule has 1 unspecified atom stereocenters. The summed E-state index contributed by atoms with van der Waals surface area (Å²) in [6.07, 6.45) is 0.150. The highest BCUT2D eigenvalue weighted by molar-refractivity contribution is 7.09. The summed E-state index contributed by atoms with van der Waals surface area (Å²) >= 11 is 7.61. The molecule has 1 amide bonds. The van der Waals surface area contributed by atoms with E-state index < -0.39 is 6.10 Å². The highest BCUT2D eigenvalue weighted by atomic mass is 35.5. The van der Waals surface area contributed by atoms with E-state index in [9.17, 15) is 4.79 Å². The molecule has 1 atom stereocenters. The zero-order chi connectivity index (χ0) is 14.1. The second-order valence-electron chi connectivity index (χ2n) is 4.84. The van der Waals surface area contributed by atoms with E-state index in [1.807, 2.05) is 29.6 Å². The minimum atomic E-state index is -0.437. The first-order chi connectivity index (χ1) is 9.63. The van der Waals surface area contributed by atoms with Gasteiger partial charge in [-0.25, -0.2) is 0 Å². The van der Waals surface area contributed by atoms with Gasteiger partial charge in [-0.3, -0.25) is 4.79 Å². The summed E-state index contributed by atoms with van der Waals surface area (Å²) in [6.45, 7) is 0.619. The predicted octanol–water partition coefficient (Wildman–Crippen LogP) is 3.36. The molecule has 1 aromatic heterocycles. The maximum Gasteiger partial charge on any atom is 0.264 e.